The Hall–Kier alpha value is -2.54. The summed E-state index contributed by atoms with van der Waals surface area (Å²) in [6, 6.07) is 5.23. The summed E-state index contributed by atoms with van der Waals surface area (Å²) in [7, 11) is 0. The first-order chi connectivity index (χ1) is 14.3. The number of pyridine rings is 1. The minimum atomic E-state index is -0.348. The number of aryl methyl sites for hydroxylation is 1. The average Bonchev–Trinajstić information content (AvgIpc) is 2.73. The van der Waals surface area contributed by atoms with E-state index in [-0.39, 0.29) is 24.0 Å². The number of ketones is 1. The van der Waals surface area contributed by atoms with Gasteiger partial charge in [-0.25, -0.2) is 9.97 Å². The van der Waals surface area contributed by atoms with Crippen LogP contribution in [0.5, 0.6) is 0 Å². The molecule has 1 fully saturated rings. The van der Waals surface area contributed by atoms with Gasteiger partial charge in [0.25, 0.3) is 0 Å². The Morgan fingerprint density at radius 1 is 1.27 bits per heavy atom. The Kier molecular flexibility index (Phi) is 7.37. The van der Waals surface area contributed by atoms with Gasteiger partial charge in [0.15, 0.2) is 5.78 Å². The monoisotopic (exact) mass is 429 g/mol. The summed E-state index contributed by atoms with van der Waals surface area (Å²) in [5.41, 5.74) is 7.21. The number of likely N-dealkylation sites (tertiary alicyclic amines) is 1. The summed E-state index contributed by atoms with van der Waals surface area (Å²) in [5, 5.41) is 0.430. The van der Waals surface area contributed by atoms with Gasteiger partial charge in [-0.1, -0.05) is 24.6 Å². The minimum Gasteiger partial charge on any atom is -0.383 e. The molecule has 30 heavy (non-hydrogen) atoms. The summed E-state index contributed by atoms with van der Waals surface area (Å²) in [6.07, 6.45) is 5.30. The molecule has 8 heteroatoms. The summed E-state index contributed by atoms with van der Waals surface area (Å²) in [5.74, 6) is 1.11. The zero-order valence-electron chi connectivity index (χ0n) is 17.5. The molecule has 160 valence electrons. The lowest BCUT2D eigenvalue weighted by atomic mass is 9.90. The van der Waals surface area contributed by atoms with Gasteiger partial charge in [0.05, 0.1) is 0 Å². The van der Waals surface area contributed by atoms with Crippen LogP contribution >= 0.6 is 11.6 Å². The van der Waals surface area contributed by atoms with Crippen LogP contribution in [0.4, 0.5) is 5.82 Å². The maximum atomic E-state index is 12.8. The molecule has 1 amide bonds. The Labute approximate surface area is 182 Å². The van der Waals surface area contributed by atoms with Gasteiger partial charge in [0.2, 0.25) is 5.91 Å². The second-order valence-electron chi connectivity index (χ2n) is 7.98. The number of nitrogens with two attached hydrogens (primary N) is 1. The normalized spacial score (nSPS) is 15.8. The van der Waals surface area contributed by atoms with Crippen LogP contribution in [-0.4, -0.2) is 44.6 Å². The van der Waals surface area contributed by atoms with Gasteiger partial charge in [0, 0.05) is 37.2 Å². The number of amides is 1. The van der Waals surface area contributed by atoms with Crippen LogP contribution in [0.1, 0.15) is 54.5 Å². The van der Waals surface area contributed by atoms with Gasteiger partial charge in [-0.3, -0.25) is 14.6 Å². The van der Waals surface area contributed by atoms with Gasteiger partial charge in [-0.15, -0.1) is 0 Å². The number of hydrogen-bond acceptors (Lipinski definition) is 6. The maximum Gasteiger partial charge on any atom is 0.225 e. The van der Waals surface area contributed by atoms with E-state index in [1.54, 1.807) is 31.3 Å². The number of anilines is 1. The van der Waals surface area contributed by atoms with E-state index in [2.05, 4.69) is 15.0 Å². The summed E-state index contributed by atoms with van der Waals surface area (Å²) < 4.78 is 0. The Morgan fingerprint density at radius 2 is 2.00 bits per heavy atom. The number of halogens is 1. The van der Waals surface area contributed by atoms with Gasteiger partial charge < -0.3 is 10.6 Å². The molecule has 1 aliphatic rings. The lowest BCUT2D eigenvalue weighted by Gasteiger charge is -2.33. The van der Waals surface area contributed by atoms with Crippen LogP contribution in [-0.2, 0) is 11.2 Å². The maximum absolute atomic E-state index is 12.8. The predicted octanol–water partition coefficient (Wildman–Crippen LogP) is 3.50. The van der Waals surface area contributed by atoms with Crippen LogP contribution < -0.4 is 5.73 Å². The van der Waals surface area contributed by atoms with Gasteiger partial charge >= 0.3 is 0 Å². The van der Waals surface area contributed by atoms with Gasteiger partial charge in [0.1, 0.15) is 22.5 Å². The first-order valence-electron chi connectivity index (χ1n) is 10.4. The van der Waals surface area contributed by atoms with E-state index in [1.165, 1.54) is 0 Å². The van der Waals surface area contributed by atoms with Crippen LogP contribution in [0.15, 0.2) is 24.4 Å². The molecule has 0 aliphatic carbocycles. The van der Waals surface area contributed by atoms with E-state index in [9.17, 15) is 9.59 Å². The standard InChI is InChI=1S/C22H28ClN5O2/c1-14(13-19(29)18-5-3-4-10-25-18)22(30)28-11-8-16(9-12-28)6-7-17-20(23)26-15(2)27-21(17)24/h3-5,10,14,16H,6-9,11-13H2,1-2H3,(H2,24,26,27)/t14-/m1/s1. The smallest absolute Gasteiger partial charge is 0.225 e. The number of piperidine rings is 1. The van der Waals surface area contributed by atoms with E-state index >= 15 is 0 Å². The largest absolute Gasteiger partial charge is 0.383 e. The van der Waals surface area contributed by atoms with Crippen molar-refractivity contribution in [2.24, 2.45) is 11.8 Å². The highest BCUT2D eigenvalue weighted by atomic mass is 35.5. The third-order valence-corrected chi connectivity index (χ3v) is 6.01. The van der Waals surface area contributed by atoms with Crippen molar-refractivity contribution in [3.05, 3.63) is 46.6 Å². The molecule has 2 N–H and O–H groups in total. The second-order valence-corrected chi connectivity index (χ2v) is 8.33. The number of nitrogen functional groups attached to an aromatic ring is 1. The van der Waals surface area contributed by atoms with Crippen molar-refractivity contribution in [1.29, 1.82) is 0 Å². The second kappa shape index (κ2) is 9.98. The summed E-state index contributed by atoms with van der Waals surface area (Å²) in [6.45, 7) is 5.00. The summed E-state index contributed by atoms with van der Waals surface area (Å²) in [4.78, 5) is 39.4. The molecule has 0 saturated carbocycles. The van der Waals surface area contributed by atoms with Crippen molar-refractivity contribution in [2.75, 3.05) is 18.8 Å². The van der Waals surface area contributed by atoms with Crippen molar-refractivity contribution >= 4 is 29.1 Å². The molecule has 0 spiro atoms. The third-order valence-electron chi connectivity index (χ3n) is 5.69. The van der Waals surface area contributed by atoms with Crippen molar-refractivity contribution < 1.29 is 9.59 Å². The van der Waals surface area contributed by atoms with Crippen LogP contribution in [0.25, 0.3) is 0 Å². The highest BCUT2D eigenvalue weighted by Gasteiger charge is 2.27. The molecule has 1 aliphatic heterocycles. The molecule has 3 rings (SSSR count). The minimum absolute atomic E-state index is 0.0388. The van der Waals surface area contributed by atoms with Gasteiger partial charge in [-0.05, 0) is 50.7 Å². The van der Waals surface area contributed by atoms with E-state index in [0.717, 1.165) is 31.2 Å². The highest BCUT2D eigenvalue weighted by molar-refractivity contribution is 6.30. The van der Waals surface area contributed by atoms with E-state index in [0.29, 0.717) is 41.5 Å². The van der Waals surface area contributed by atoms with E-state index in [4.69, 9.17) is 17.3 Å². The molecule has 0 aromatic carbocycles. The fraction of sp³-hybridized carbons (Fsp3) is 0.500. The zero-order chi connectivity index (χ0) is 21.7. The van der Waals surface area contributed by atoms with Crippen LogP contribution in [0, 0.1) is 18.8 Å². The summed E-state index contributed by atoms with van der Waals surface area (Å²) >= 11 is 6.22. The SMILES string of the molecule is Cc1nc(N)c(CCC2CCN(C(=O)[C@H](C)CC(=O)c3ccccn3)CC2)c(Cl)n1. The first-order valence-corrected chi connectivity index (χ1v) is 10.7. The molecule has 0 radical (unpaired) electrons. The van der Waals surface area contributed by atoms with Crippen molar-refractivity contribution in [1.82, 2.24) is 19.9 Å². The number of carbonyl (C=O) groups is 2. The molecular weight excluding hydrogens is 402 g/mol. The number of hydrogen-bond donors (Lipinski definition) is 1. The Bertz CT molecular complexity index is 875. The lowest BCUT2D eigenvalue weighted by molar-refractivity contribution is -0.136. The molecular formula is C22H28ClN5O2. The Morgan fingerprint density at radius 3 is 2.63 bits per heavy atom. The number of Topliss-reactive ketones (excluding diaryl/α,β-unsaturated/α-hetero) is 1. The lowest BCUT2D eigenvalue weighted by Crippen LogP contribution is -2.41. The van der Waals surface area contributed by atoms with Crippen LogP contribution in [0.3, 0.4) is 0 Å². The average molecular weight is 430 g/mol. The van der Waals surface area contributed by atoms with Crippen molar-refractivity contribution in [2.45, 2.75) is 46.0 Å². The first kappa shape index (κ1) is 22.2. The molecule has 2 aromatic rings. The Balaban J connectivity index is 1.47. The third kappa shape index (κ3) is 5.53. The highest BCUT2D eigenvalue weighted by Crippen LogP contribution is 2.27. The molecule has 2 aromatic heterocycles. The van der Waals surface area contributed by atoms with E-state index in [1.807, 2.05) is 11.8 Å². The molecule has 1 atom stereocenters. The number of carbonyl (C=O) groups excluding carboxylic acids is 2. The fourth-order valence-electron chi connectivity index (χ4n) is 3.91. The number of aromatic nitrogens is 3. The van der Waals surface area contributed by atoms with Gasteiger partial charge in [-0.2, -0.15) is 0 Å². The molecule has 3 heterocycles. The van der Waals surface area contributed by atoms with E-state index < -0.39 is 0 Å². The molecule has 0 unspecified atom stereocenters. The molecule has 0 bridgehead atoms. The quantitative estimate of drug-likeness (QED) is 0.533. The topological polar surface area (TPSA) is 102 Å². The number of nitrogens with zero attached hydrogens (tertiary/aromatic N) is 4. The fourth-order valence-corrected chi connectivity index (χ4v) is 4.23. The predicted molar refractivity (Wildman–Crippen MR) is 116 cm³/mol. The number of rotatable bonds is 7. The van der Waals surface area contributed by atoms with Crippen LogP contribution in [0.2, 0.25) is 5.15 Å². The van der Waals surface area contributed by atoms with Crippen molar-refractivity contribution in [3.8, 4) is 0 Å². The van der Waals surface area contributed by atoms with Crippen molar-refractivity contribution in [3.63, 3.8) is 0 Å². The molecule has 1 saturated heterocycles. The zero-order valence-corrected chi connectivity index (χ0v) is 18.2. The molecule has 7 nitrogen and oxygen atoms in total.